The van der Waals surface area contributed by atoms with E-state index in [4.69, 9.17) is 9.47 Å². The molecule has 0 bridgehead atoms. The number of rotatable bonds is 8. The van der Waals surface area contributed by atoms with Gasteiger partial charge in [-0.05, 0) is 41.8 Å². The van der Waals surface area contributed by atoms with E-state index < -0.39 is 0 Å². The van der Waals surface area contributed by atoms with Gasteiger partial charge in [0.25, 0.3) is 0 Å². The van der Waals surface area contributed by atoms with Crippen LogP contribution in [0.25, 0.3) is 12.2 Å². The maximum Gasteiger partial charge on any atom is 0.246 e. The molecule has 6 nitrogen and oxygen atoms in total. The first-order valence-electron chi connectivity index (χ1n) is 11.6. The van der Waals surface area contributed by atoms with Crippen molar-refractivity contribution in [1.29, 1.82) is 0 Å². The Bertz CT molecular complexity index is 1030. The molecule has 2 aromatic rings. The van der Waals surface area contributed by atoms with Crippen molar-refractivity contribution in [1.82, 2.24) is 9.80 Å². The zero-order chi connectivity index (χ0) is 24.9. The summed E-state index contributed by atoms with van der Waals surface area (Å²) in [6.07, 6.45) is 14.9. The monoisotopic (exact) mass is 472 g/mol. The van der Waals surface area contributed by atoms with Crippen LogP contribution in [0.2, 0.25) is 0 Å². The Labute approximate surface area is 207 Å². The number of hydrogen-bond donors (Lipinski definition) is 0. The summed E-state index contributed by atoms with van der Waals surface area (Å²) in [4.78, 5) is 28.7. The maximum absolute atomic E-state index is 12.6. The minimum Gasteiger partial charge on any atom is -0.497 e. The van der Waals surface area contributed by atoms with Gasteiger partial charge in [-0.1, -0.05) is 60.7 Å². The molecule has 35 heavy (non-hydrogen) atoms. The van der Waals surface area contributed by atoms with Crippen molar-refractivity contribution >= 4 is 24.0 Å². The van der Waals surface area contributed by atoms with Crippen LogP contribution in [0, 0.1) is 0 Å². The van der Waals surface area contributed by atoms with E-state index in [1.807, 2.05) is 72.8 Å². The second-order valence-electron chi connectivity index (χ2n) is 7.99. The van der Waals surface area contributed by atoms with Crippen molar-refractivity contribution in [3.63, 3.8) is 0 Å². The Morgan fingerprint density at radius 2 is 1.14 bits per heavy atom. The molecule has 3 rings (SSSR count). The van der Waals surface area contributed by atoms with Gasteiger partial charge in [0.15, 0.2) is 0 Å². The third-order valence-corrected chi connectivity index (χ3v) is 5.58. The molecule has 0 atom stereocenters. The molecule has 0 aromatic heterocycles. The third-order valence-electron chi connectivity index (χ3n) is 5.58. The first-order valence-corrected chi connectivity index (χ1v) is 11.6. The van der Waals surface area contributed by atoms with Crippen molar-refractivity contribution < 1.29 is 19.1 Å². The van der Waals surface area contributed by atoms with E-state index in [9.17, 15) is 9.59 Å². The Morgan fingerprint density at radius 1 is 0.686 bits per heavy atom. The third kappa shape index (κ3) is 8.34. The Morgan fingerprint density at radius 3 is 1.57 bits per heavy atom. The van der Waals surface area contributed by atoms with Gasteiger partial charge >= 0.3 is 0 Å². The molecule has 182 valence electrons. The van der Waals surface area contributed by atoms with Crippen LogP contribution in [0.1, 0.15) is 17.5 Å². The molecule has 2 amide bonds. The number of amides is 2. The minimum atomic E-state index is -0.0497. The second kappa shape index (κ2) is 13.6. The van der Waals surface area contributed by atoms with E-state index in [0.29, 0.717) is 26.2 Å². The number of hydrogen-bond acceptors (Lipinski definition) is 4. The van der Waals surface area contributed by atoms with Crippen LogP contribution < -0.4 is 9.47 Å². The quantitative estimate of drug-likeness (QED) is 0.416. The number of benzene rings is 2. The van der Waals surface area contributed by atoms with Crippen LogP contribution in [0.5, 0.6) is 11.5 Å². The standard InChI is InChI=1S/C29H32N2O4/c1-34-26-14-7-12-24(22-26)10-3-5-16-28(32)30-18-9-19-31(21-20-30)29(33)17-6-4-11-25-13-8-15-27(23-25)35-2/h3-8,10-17,22-23H,9,18-21H2,1-2H3/b10-3+,11-4+,16-5+,17-6+. The number of nitrogens with zero attached hydrogens (tertiary/aromatic N) is 2. The van der Waals surface area contributed by atoms with Gasteiger partial charge in [-0.3, -0.25) is 9.59 Å². The summed E-state index contributed by atoms with van der Waals surface area (Å²) >= 11 is 0. The SMILES string of the molecule is COc1cccc(/C=C/C=C/C(=O)N2CCCN(C(=O)/C=C/C=C/c3cccc(OC)c3)CC2)c1. The van der Waals surface area contributed by atoms with Gasteiger partial charge < -0.3 is 19.3 Å². The summed E-state index contributed by atoms with van der Waals surface area (Å²) < 4.78 is 10.4. The van der Waals surface area contributed by atoms with Crippen molar-refractivity contribution in [2.75, 3.05) is 40.4 Å². The smallest absolute Gasteiger partial charge is 0.246 e. The lowest BCUT2D eigenvalue weighted by Crippen LogP contribution is -2.36. The zero-order valence-electron chi connectivity index (χ0n) is 20.3. The fourth-order valence-electron chi connectivity index (χ4n) is 3.67. The second-order valence-corrected chi connectivity index (χ2v) is 7.99. The summed E-state index contributed by atoms with van der Waals surface area (Å²) in [5.41, 5.74) is 1.99. The summed E-state index contributed by atoms with van der Waals surface area (Å²) in [6.45, 7) is 2.29. The molecule has 0 aliphatic carbocycles. The highest BCUT2D eigenvalue weighted by Crippen LogP contribution is 2.14. The van der Waals surface area contributed by atoms with E-state index in [1.165, 1.54) is 0 Å². The fraction of sp³-hybridized carbons (Fsp3) is 0.241. The number of carbonyl (C=O) groups is 2. The average molecular weight is 473 g/mol. The highest BCUT2D eigenvalue weighted by Gasteiger charge is 2.19. The van der Waals surface area contributed by atoms with Crippen LogP contribution in [0.4, 0.5) is 0 Å². The molecule has 0 saturated carbocycles. The van der Waals surface area contributed by atoms with Gasteiger partial charge in [-0.15, -0.1) is 0 Å². The van der Waals surface area contributed by atoms with Crippen LogP contribution in [-0.4, -0.2) is 62.0 Å². The van der Waals surface area contributed by atoms with E-state index in [-0.39, 0.29) is 11.8 Å². The summed E-state index contributed by atoms with van der Waals surface area (Å²) in [6, 6.07) is 15.4. The normalized spacial score (nSPS) is 14.8. The molecule has 0 unspecified atom stereocenters. The van der Waals surface area contributed by atoms with E-state index in [0.717, 1.165) is 29.0 Å². The van der Waals surface area contributed by atoms with Crippen LogP contribution in [0.15, 0.2) is 85.0 Å². The molecule has 0 N–H and O–H groups in total. The lowest BCUT2D eigenvalue weighted by Gasteiger charge is -2.20. The molecule has 1 aliphatic heterocycles. The topological polar surface area (TPSA) is 59.1 Å². The zero-order valence-corrected chi connectivity index (χ0v) is 20.3. The Hall–Kier alpha value is -4.06. The van der Waals surface area contributed by atoms with E-state index in [2.05, 4.69) is 0 Å². The van der Waals surface area contributed by atoms with E-state index in [1.54, 1.807) is 48.3 Å². The van der Waals surface area contributed by atoms with E-state index >= 15 is 0 Å². The van der Waals surface area contributed by atoms with Crippen LogP contribution in [0.3, 0.4) is 0 Å². The van der Waals surface area contributed by atoms with Gasteiger partial charge in [0, 0.05) is 38.3 Å². The van der Waals surface area contributed by atoms with Gasteiger partial charge in [0.2, 0.25) is 11.8 Å². The molecule has 0 spiro atoms. The molecule has 1 aliphatic rings. The largest absolute Gasteiger partial charge is 0.497 e. The number of methoxy groups -OCH3 is 2. The summed E-state index contributed by atoms with van der Waals surface area (Å²) in [5, 5.41) is 0. The molecule has 2 aromatic carbocycles. The first kappa shape index (κ1) is 25.6. The van der Waals surface area contributed by atoms with Gasteiger partial charge in [-0.2, -0.15) is 0 Å². The Balaban J connectivity index is 1.46. The fourth-order valence-corrected chi connectivity index (χ4v) is 3.67. The molecular formula is C29H32N2O4. The maximum atomic E-state index is 12.6. The molecule has 1 heterocycles. The number of ether oxygens (including phenoxy) is 2. The predicted octanol–water partition coefficient (Wildman–Crippen LogP) is 4.60. The average Bonchev–Trinajstić information content (AvgIpc) is 3.16. The lowest BCUT2D eigenvalue weighted by molar-refractivity contribution is -0.128. The number of allylic oxidation sites excluding steroid dienone is 4. The first-order chi connectivity index (χ1) is 17.1. The highest BCUT2D eigenvalue weighted by atomic mass is 16.5. The molecule has 1 saturated heterocycles. The van der Waals surface area contributed by atoms with Crippen molar-refractivity contribution in [3.05, 3.63) is 96.1 Å². The molecular weight excluding hydrogens is 440 g/mol. The van der Waals surface area contributed by atoms with Crippen molar-refractivity contribution in [2.24, 2.45) is 0 Å². The lowest BCUT2D eigenvalue weighted by atomic mass is 10.2. The van der Waals surface area contributed by atoms with Crippen LogP contribution >= 0.6 is 0 Å². The van der Waals surface area contributed by atoms with Crippen molar-refractivity contribution in [3.8, 4) is 11.5 Å². The van der Waals surface area contributed by atoms with Crippen LogP contribution in [-0.2, 0) is 9.59 Å². The summed E-state index contributed by atoms with van der Waals surface area (Å²) in [7, 11) is 3.27. The molecule has 6 heteroatoms. The molecule has 1 fully saturated rings. The Kier molecular flexibility index (Phi) is 9.93. The molecule has 0 radical (unpaired) electrons. The van der Waals surface area contributed by atoms with Gasteiger partial charge in [0.1, 0.15) is 11.5 Å². The van der Waals surface area contributed by atoms with Gasteiger partial charge in [0.05, 0.1) is 14.2 Å². The number of carbonyl (C=O) groups excluding carboxylic acids is 2. The minimum absolute atomic E-state index is 0.0497. The van der Waals surface area contributed by atoms with Crippen molar-refractivity contribution in [2.45, 2.75) is 6.42 Å². The summed E-state index contributed by atoms with van der Waals surface area (Å²) in [5.74, 6) is 1.48. The van der Waals surface area contributed by atoms with Gasteiger partial charge in [-0.25, -0.2) is 0 Å². The predicted molar refractivity (Wildman–Crippen MR) is 140 cm³/mol. The highest BCUT2D eigenvalue weighted by molar-refractivity contribution is 5.89.